The van der Waals surface area contributed by atoms with Crippen LogP contribution >= 0.6 is 23.2 Å². The largest absolute Gasteiger partial charge is 0.491 e. The lowest BCUT2D eigenvalue weighted by molar-refractivity contribution is 0.163. The quantitative estimate of drug-likeness (QED) is 0.420. The Kier molecular flexibility index (Phi) is 8.54. The molecule has 182 valence electrons. The molecule has 4 rings (SSSR count). The number of anilines is 1. The van der Waals surface area contributed by atoms with Crippen LogP contribution < -0.4 is 9.64 Å². The maximum Gasteiger partial charge on any atom is 0.121 e. The van der Waals surface area contributed by atoms with Crippen molar-refractivity contribution < 1.29 is 9.84 Å². The highest BCUT2D eigenvalue weighted by Crippen LogP contribution is 2.38. The van der Waals surface area contributed by atoms with Gasteiger partial charge in [-0.1, -0.05) is 47.5 Å². The van der Waals surface area contributed by atoms with Gasteiger partial charge in [-0.2, -0.15) is 5.26 Å². The lowest BCUT2D eigenvalue weighted by Crippen LogP contribution is -2.54. The summed E-state index contributed by atoms with van der Waals surface area (Å²) in [5, 5.41) is 19.4. The topological polar surface area (TPSA) is 59.7 Å². The number of ether oxygens (including phenoxy) is 1. The third kappa shape index (κ3) is 6.28. The molecule has 1 aliphatic rings. The van der Waals surface area contributed by atoms with Gasteiger partial charge in [0.1, 0.15) is 12.4 Å². The number of aliphatic hydroxyl groups is 1. The first-order valence-corrected chi connectivity index (χ1v) is 12.5. The molecule has 35 heavy (non-hydrogen) atoms. The van der Waals surface area contributed by atoms with Crippen molar-refractivity contribution in [3.05, 3.63) is 93.5 Å². The van der Waals surface area contributed by atoms with Crippen molar-refractivity contribution in [2.75, 3.05) is 37.7 Å². The molecule has 5 nitrogen and oxygen atoms in total. The van der Waals surface area contributed by atoms with Gasteiger partial charge in [0.05, 0.1) is 35.0 Å². The molecule has 0 unspecified atom stereocenters. The summed E-state index contributed by atoms with van der Waals surface area (Å²) in [6.07, 6.45) is 0.918. The summed E-state index contributed by atoms with van der Waals surface area (Å²) in [5.41, 5.74) is 4.05. The second-order valence-electron chi connectivity index (χ2n) is 8.81. The first kappa shape index (κ1) is 25.3. The molecule has 0 saturated carbocycles. The van der Waals surface area contributed by atoms with Gasteiger partial charge >= 0.3 is 0 Å². The number of nitriles is 1. The highest BCUT2D eigenvalue weighted by molar-refractivity contribution is 6.33. The molecule has 1 saturated heterocycles. The molecule has 1 fully saturated rings. The Morgan fingerprint density at radius 1 is 1.03 bits per heavy atom. The molecule has 1 heterocycles. The van der Waals surface area contributed by atoms with Crippen LogP contribution in [0.2, 0.25) is 10.0 Å². The van der Waals surface area contributed by atoms with Crippen LogP contribution in [-0.4, -0.2) is 48.9 Å². The Morgan fingerprint density at radius 3 is 2.43 bits per heavy atom. The molecule has 1 N–H and O–H groups in total. The fourth-order valence-electron chi connectivity index (χ4n) is 4.57. The maximum absolute atomic E-state index is 9.05. The minimum atomic E-state index is -0.0417. The summed E-state index contributed by atoms with van der Waals surface area (Å²) in [5.74, 6) is 0.643. The first-order valence-electron chi connectivity index (χ1n) is 11.8. The molecular formula is C28H29Cl2N3O2. The molecule has 0 bridgehead atoms. The van der Waals surface area contributed by atoms with Crippen molar-refractivity contribution in [1.29, 1.82) is 5.26 Å². The van der Waals surface area contributed by atoms with Gasteiger partial charge in [-0.15, -0.1) is 0 Å². The summed E-state index contributed by atoms with van der Waals surface area (Å²) in [6.45, 7) is 5.02. The highest BCUT2D eigenvalue weighted by Gasteiger charge is 2.33. The predicted octanol–water partition coefficient (Wildman–Crippen LogP) is 5.73. The van der Waals surface area contributed by atoms with Gasteiger partial charge in [0.2, 0.25) is 0 Å². The molecular weight excluding hydrogens is 481 g/mol. The van der Waals surface area contributed by atoms with Gasteiger partial charge < -0.3 is 14.7 Å². The summed E-state index contributed by atoms with van der Waals surface area (Å²) >= 11 is 12.9. The molecule has 0 spiro atoms. The lowest BCUT2D eigenvalue weighted by Gasteiger charge is -2.47. The standard InChI is InChI=1S/C28H29Cl2N3O2/c1-20-18-33(27-11-10-25(16-26(27)30)35-15-14-34)28(23-6-8-24(29)9-7-23)19-32(20)13-12-21-2-4-22(17-31)5-3-21/h2-11,16,20,28,34H,12-15,18-19H2,1H3/t20-,28+/m1/s1. The Balaban J connectivity index is 1.56. The number of rotatable bonds is 8. The van der Waals surface area contributed by atoms with Crippen molar-refractivity contribution in [3.63, 3.8) is 0 Å². The second kappa shape index (κ2) is 11.8. The number of hydrogen-bond donors (Lipinski definition) is 1. The van der Waals surface area contributed by atoms with Gasteiger partial charge in [-0.25, -0.2) is 0 Å². The molecule has 2 atom stereocenters. The third-order valence-electron chi connectivity index (χ3n) is 6.48. The number of hydrogen-bond acceptors (Lipinski definition) is 5. The fraction of sp³-hybridized carbons (Fsp3) is 0.321. The zero-order valence-electron chi connectivity index (χ0n) is 19.7. The number of aliphatic hydroxyl groups excluding tert-OH is 1. The third-order valence-corrected chi connectivity index (χ3v) is 7.04. The van der Waals surface area contributed by atoms with Crippen molar-refractivity contribution in [2.45, 2.75) is 25.4 Å². The van der Waals surface area contributed by atoms with E-state index in [1.807, 2.05) is 54.6 Å². The van der Waals surface area contributed by atoms with E-state index in [1.54, 1.807) is 0 Å². The Hall–Kier alpha value is -2.75. The zero-order valence-corrected chi connectivity index (χ0v) is 21.2. The molecule has 0 aliphatic carbocycles. The maximum atomic E-state index is 9.05. The van der Waals surface area contributed by atoms with E-state index in [0.29, 0.717) is 27.4 Å². The van der Waals surface area contributed by atoms with Crippen LogP contribution in [0, 0.1) is 11.3 Å². The minimum absolute atomic E-state index is 0.0417. The number of halogens is 2. The van der Waals surface area contributed by atoms with Crippen molar-refractivity contribution in [1.82, 2.24) is 4.90 Å². The summed E-state index contributed by atoms with van der Waals surface area (Å²) in [4.78, 5) is 4.88. The second-order valence-corrected chi connectivity index (χ2v) is 9.65. The average molecular weight is 510 g/mol. The molecule has 0 amide bonds. The van der Waals surface area contributed by atoms with Gasteiger partial charge in [0.15, 0.2) is 0 Å². The van der Waals surface area contributed by atoms with Crippen LogP contribution in [-0.2, 0) is 6.42 Å². The van der Waals surface area contributed by atoms with E-state index in [0.717, 1.165) is 31.7 Å². The van der Waals surface area contributed by atoms with Crippen LogP contribution in [0.5, 0.6) is 5.75 Å². The molecule has 3 aromatic rings. The monoisotopic (exact) mass is 509 g/mol. The van der Waals surface area contributed by atoms with Crippen LogP contribution in [0.1, 0.15) is 29.7 Å². The highest BCUT2D eigenvalue weighted by atomic mass is 35.5. The molecule has 1 aliphatic heterocycles. The Bertz CT molecular complexity index is 1160. The molecule has 0 aromatic heterocycles. The first-order chi connectivity index (χ1) is 17.0. The van der Waals surface area contributed by atoms with Gasteiger partial charge in [-0.3, -0.25) is 4.90 Å². The number of benzene rings is 3. The normalized spacial score (nSPS) is 18.3. The smallest absolute Gasteiger partial charge is 0.121 e. The molecule has 0 radical (unpaired) electrons. The SMILES string of the molecule is C[C@@H]1CN(c2ccc(OCCO)cc2Cl)[C@H](c2ccc(Cl)cc2)CN1CCc1ccc(C#N)cc1. The van der Waals surface area contributed by atoms with E-state index < -0.39 is 0 Å². The summed E-state index contributed by atoms with van der Waals surface area (Å²) < 4.78 is 5.54. The Labute approximate surface area is 217 Å². The van der Waals surface area contributed by atoms with Crippen LogP contribution in [0.15, 0.2) is 66.7 Å². The van der Waals surface area contributed by atoms with E-state index in [9.17, 15) is 0 Å². The average Bonchev–Trinajstić information content (AvgIpc) is 2.87. The van der Waals surface area contributed by atoms with Gasteiger partial charge in [0.25, 0.3) is 0 Å². The van der Waals surface area contributed by atoms with Crippen LogP contribution in [0.3, 0.4) is 0 Å². The lowest BCUT2D eigenvalue weighted by atomic mass is 9.98. The van der Waals surface area contributed by atoms with Crippen LogP contribution in [0.4, 0.5) is 5.69 Å². The predicted molar refractivity (Wildman–Crippen MR) is 141 cm³/mol. The van der Waals surface area contributed by atoms with Crippen LogP contribution in [0.25, 0.3) is 0 Å². The van der Waals surface area contributed by atoms with E-state index in [-0.39, 0.29) is 19.3 Å². The fourth-order valence-corrected chi connectivity index (χ4v) is 4.97. The molecule has 3 aromatic carbocycles. The minimum Gasteiger partial charge on any atom is -0.491 e. The summed E-state index contributed by atoms with van der Waals surface area (Å²) in [7, 11) is 0. The van der Waals surface area contributed by atoms with Gasteiger partial charge in [0, 0.05) is 36.8 Å². The van der Waals surface area contributed by atoms with Gasteiger partial charge in [-0.05, 0) is 60.9 Å². The number of nitrogens with zero attached hydrogens (tertiary/aromatic N) is 3. The summed E-state index contributed by atoms with van der Waals surface area (Å²) in [6, 6.07) is 24.2. The van der Waals surface area contributed by atoms with E-state index >= 15 is 0 Å². The van der Waals surface area contributed by atoms with Crippen molar-refractivity contribution in [2.24, 2.45) is 0 Å². The van der Waals surface area contributed by atoms with E-state index in [2.05, 4.69) is 34.9 Å². The number of piperazine rings is 1. The van der Waals surface area contributed by atoms with Crippen molar-refractivity contribution >= 4 is 28.9 Å². The van der Waals surface area contributed by atoms with Crippen molar-refractivity contribution in [3.8, 4) is 11.8 Å². The van der Waals surface area contributed by atoms with E-state index in [1.165, 1.54) is 11.1 Å². The molecule has 7 heteroatoms. The van der Waals surface area contributed by atoms with E-state index in [4.69, 9.17) is 38.3 Å². The Morgan fingerprint density at radius 2 is 1.77 bits per heavy atom. The zero-order chi connectivity index (χ0) is 24.8.